The summed E-state index contributed by atoms with van der Waals surface area (Å²) in [7, 11) is 1.60. The third-order valence-electron chi connectivity index (χ3n) is 5.05. The van der Waals surface area contributed by atoms with Gasteiger partial charge in [0.15, 0.2) is 0 Å². The molecule has 0 saturated heterocycles. The van der Waals surface area contributed by atoms with Gasteiger partial charge in [-0.05, 0) is 48.9 Å². The van der Waals surface area contributed by atoms with E-state index in [4.69, 9.17) is 4.74 Å². The van der Waals surface area contributed by atoms with Crippen LogP contribution in [0.5, 0.6) is 5.75 Å². The fraction of sp³-hybridized carbons (Fsp3) is 0.600. The lowest BCUT2D eigenvalue weighted by molar-refractivity contribution is -0.132. The zero-order valence-corrected chi connectivity index (χ0v) is 15.7. The Morgan fingerprint density at radius 3 is 2.32 bits per heavy atom. The van der Waals surface area contributed by atoms with Crippen LogP contribution in [0.4, 0.5) is 5.69 Å². The molecule has 1 aromatic carbocycles. The number of benzene rings is 1. The number of amides is 2. The molecule has 3 atom stereocenters. The SMILES string of the molecule is COc1ccc(NC(=O)[C@H](NC(=O)[C@@H]2CCCC[C@H]2C)C(C)C)cc1. The Balaban J connectivity index is 2.00. The third-order valence-corrected chi connectivity index (χ3v) is 5.05. The van der Waals surface area contributed by atoms with Gasteiger partial charge < -0.3 is 15.4 Å². The van der Waals surface area contributed by atoms with Gasteiger partial charge >= 0.3 is 0 Å². The van der Waals surface area contributed by atoms with Crippen LogP contribution in [0.3, 0.4) is 0 Å². The maximum atomic E-state index is 12.7. The van der Waals surface area contributed by atoms with Crippen molar-refractivity contribution in [2.75, 3.05) is 12.4 Å². The number of hydrogen-bond donors (Lipinski definition) is 2. The normalized spacial score (nSPS) is 21.5. The number of rotatable bonds is 6. The van der Waals surface area contributed by atoms with E-state index in [2.05, 4.69) is 17.6 Å². The van der Waals surface area contributed by atoms with Crippen molar-refractivity contribution in [2.24, 2.45) is 17.8 Å². The highest BCUT2D eigenvalue weighted by Crippen LogP contribution is 2.30. The zero-order valence-electron chi connectivity index (χ0n) is 15.7. The second-order valence-electron chi connectivity index (χ2n) is 7.32. The summed E-state index contributed by atoms with van der Waals surface area (Å²) in [6.07, 6.45) is 4.28. The summed E-state index contributed by atoms with van der Waals surface area (Å²) >= 11 is 0. The minimum Gasteiger partial charge on any atom is -0.497 e. The second-order valence-corrected chi connectivity index (χ2v) is 7.32. The average Bonchev–Trinajstić information content (AvgIpc) is 2.60. The smallest absolute Gasteiger partial charge is 0.247 e. The van der Waals surface area contributed by atoms with Gasteiger partial charge in [-0.3, -0.25) is 9.59 Å². The van der Waals surface area contributed by atoms with Gasteiger partial charge in [0.25, 0.3) is 0 Å². The lowest BCUT2D eigenvalue weighted by Crippen LogP contribution is -2.50. The van der Waals surface area contributed by atoms with Crippen molar-refractivity contribution in [2.45, 2.75) is 52.5 Å². The largest absolute Gasteiger partial charge is 0.497 e. The maximum Gasteiger partial charge on any atom is 0.247 e. The molecule has 0 spiro atoms. The first-order chi connectivity index (χ1) is 11.9. The molecule has 0 unspecified atom stereocenters. The molecule has 0 radical (unpaired) electrons. The van der Waals surface area contributed by atoms with Gasteiger partial charge in [0, 0.05) is 11.6 Å². The van der Waals surface area contributed by atoms with Crippen LogP contribution in [-0.4, -0.2) is 25.0 Å². The monoisotopic (exact) mass is 346 g/mol. The van der Waals surface area contributed by atoms with Crippen LogP contribution < -0.4 is 15.4 Å². The molecule has 1 aromatic rings. The van der Waals surface area contributed by atoms with Gasteiger partial charge in [-0.15, -0.1) is 0 Å². The highest BCUT2D eigenvalue weighted by molar-refractivity contribution is 5.97. The van der Waals surface area contributed by atoms with Gasteiger partial charge in [0.2, 0.25) is 11.8 Å². The fourth-order valence-corrected chi connectivity index (χ4v) is 3.40. The van der Waals surface area contributed by atoms with Crippen molar-refractivity contribution < 1.29 is 14.3 Å². The molecule has 5 heteroatoms. The summed E-state index contributed by atoms with van der Waals surface area (Å²) in [6.45, 7) is 6.02. The maximum absolute atomic E-state index is 12.7. The number of methoxy groups -OCH3 is 1. The number of nitrogens with one attached hydrogen (secondary N) is 2. The minimum atomic E-state index is -0.538. The molecule has 1 aliphatic rings. The van der Waals surface area contributed by atoms with Crippen LogP contribution in [0, 0.1) is 17.8 Å². The van der Waals surface area contributed by atoms with Gasteiger partial charge in [-0.2, -0.15) is 0 Å². The van der Waals surface area contributed by atoms with Crippen LogP contribution in [0.2, 0.25) is 0 Å². The van der Waals surface area contributed by atoms with Gasteiger partial charge in [0.1, 0.15) is 11.8 Å². The third kappa shape index (κ3) is 5.21. The van der Waals surface area contributed by atoms with E-state index in [1.54, 1.807) is 31.4 Å². The van der Waals surface area contributed by atoms with Crippen molar-refractivity contribution in [1.82, 2.24) is 5.32 Å². The van der Waals surface area contributed by atoms with E-state index in [1.807, 2.05) is 13.8 Å². The predicted octanol–water partition coefficient (Wildman–Crippen LogP) is 3.60. The van der Waals surface area contributed by atoms with E-state index < -0.39 is 6.04 Å². The number of ether oxygens (including phenoxy) is 1. The molecule has 2 rings (SSSR count). The van der Waals surface area contributed by atoms with Gasteiger partial charge in [0.05, 0.1) is 7.11 Å². The van der Waals surface area contributed by atoms with Crippen LogP contribution in [0.15, 0.2) is 24.3 Å². The van der Waals surface area contributed by atoms with E-state index in [0.29, 0.717) is 11.6 Å². The molecule has 1 aliphatic carbocycles. The molecule has 2 amide bonds. The van der Waals surface area contributed by atoms with E-state index in [1.165, 1.54) is 6.42 Å². The summed E-state index contributed by atoms with van der Waals surface area (Å²) in [4.78, 5) is 25.3. The first-order valence-corrected chi connectivity index (χ1v) is 9.17. The van der Waals surface area contributed by atoms with Crippen LogP contribution in [0.1, 0.15) is 46.5 Å². The first-order valence-electron chi connectivity index (χ1n) is 9.17. The van der Waals surface area contributed by atoms with Crippen LogP contribution in [0.25, 0.3) is 0 Å². The average molecular weight is 346 g/mol. The minimum absolute atomic E-state index is 0.00998. The molecule has 5 nitrogen and oxygen atoms in total. The van der Waals surface area contributed by atoms with Crippen molar-refractivity contribution in [3.05, 3.63) is 24.3 Å². The van der Waals surface area contributed by atoms with Gasteiger partial charge in [-0.1, -0.05) is 33.6 Å². The Hall–Kier alpha value is -2.04. The van der Waals surface area contributed by atoms with Crippen LogP contribution in [-0.2, 0) is 9.59 Å². The number of anilines is 1. The zero-order chi connectivity index (χ0) is 18.4. The van der Waals surface area contributed by atoms with Crippen LogP contribution >= 0.6 is 0 Å². The molecule has 0 heterocycles. The molecule has 25 heavy (non-hydrogen) atoms. The van der Waals surface area contributed by atoms with Crippen molar-refractivity contribution in [3.63, 3.8) is 0 Å². The summed E-state index contributed by atoms with van der Waals surface area (Å²) in [6, 6.07) is 6.63. The fourth-order valence-electron chi connectivity index (χ4n) is 3.40. The van der Waals surface area contributed by atoms with E-state index in [9.17, 15) is 9.59 Å². The number of carbonyl (C=O) groups excluding carboxylic acids is 2. The first kappa shape index (κ1) is 19.3. The lowest BCUT2D eigenvalue weighted by Gasteiger charge is -2.30. The molecule has 0 aromatic heterocycles. The number of carbonyl (C=O) groups is 2. The molecular weight excluding hydrogens is 316 g/mol. The van der Waals surface area contributed by atoms with Gasteiger partial charge in [-0.25, -0.2) is 0 Å². The molecule has 1 saturated carbocycles. The van der Waals surface area contributed by atoms with E-state index >= 15 is 0 Å². The highest BCUT2D eigenvalue weighted by Gasteiger charge is 2.31. The standard InChI is InChI=1S/C20H30N2O3/c1-13(2)18(22-19(23)17-8-6-5-7-14(17)3)20(24)21-15-9-11-16(25-4)12-10-15/h9-14,17-18H,5-8H2,1-4H3,(H,21,24)(H,22,23)/t14-,17-,18-/m1/s1. The Kier molecular flexibility index (Phi) is 6.85. The number of hydrogen-bond acceptors (Lipinski definition) is 3. The Bertz CT molecular complexity index is 583. The second kappa shape index (κ2) is 8.88. The lowest BCUT2D eigenvalue weighted by atomic mass is 9.79. The highest BCUT2D eigenvalue weighted by atomic mass is 16.5. The molecule has 138 valence electrons. The molecule has 2 N–H and O–H groups in total. The Morgan fingerprint density at radius 2 is 1.76 bits per heavy atom. The Morgan fingerprint density at radius 1 is 1.12 bits per heavy atom. The topological polar surface area (TPSA) is 67.4 Å². The van der Waals surface area contributed by atoms with E-state index in [0.717, 1.165) is 25.0 Å². The molecule has 0 aliphatic heterocycles. The van der Waals surface area contributed by atoms with Crippen molar-refractivity contribution in [3.8, 4) is 5.75 Å². The quantitative estimate of drug-likeness (QED) is 0.827. The molecule has 0 bridgehead atoms. The summed E-state index contributed by atoms with van der Waals surface area (Å²) < 4.78 is 5.12. The van der Waals surface area contributed by atoms with Crippen molar-refractivity contribution >= 4 is 17.5 Å². The molecular formula is C20H30N2O3. The summed E-state index contributed by atoms with van der Waals surface area (Å²) in [5, 5.41) is 5.87. The summed E-state index contributed by atoms with van der Waals surface area (Å²) in [5.74, 6) is 0.974. The molecule has 1 fully saturated rings. The summed E-state index contributed by atoms with van der Waals surface area (Å²) in [5.41, 5.74) is 0.691. The van der Waals surface area contributed by atoms with Crippen molar-refractivity contribution in [1.29, 1.82) is 0 Å². The Labute approximate surface area is 150 Å². The van der Waals surface area contributed by atoms with E-state index in [-0.39, 0.29) is 23.7 Å². The predicted molar refractivity (Wildman–Crippen MR) is 99.5 cm³/mol.